The number of anilines is 1. The van der Waals surface area contributed by atoms with E-state index in [1.165, 1.54) is 0 Å². The predicted molar refractivity (Wildman–Crippen MR) is 89.4 cm³/mol. The monoisotopic (exact) mass is 425 g/mol. The molecule has 0 amide bonds. The fourth-order valence-electron chi connectivity index (χ4n) is 2.10. The summed E-state index contributed by atoms with van der Waals surface area (Å²) in [5, 5.41) is -0.336. The lowest BCUT2D eigenvalue weighted by molar-refractivity contribution is -0.139. The molecule has 0 aliphatic rings. The van der Waals surface area contributed by atoms with Crippen LogP contribution in [0.3, 0.4) is 0 Å². The smallest absolute Gasteiger partial charge is 0.416 e. The molecule has 0 radical (unpaired) electrons. The molecule has 146 valence electrons. The molecule has 27 heavy (non-hydrogen) atoms. The van der Waals surface area contributed by atoms with Crippen molar-refractivity contribution in [3.05, 3.63) is 58.9 Å². The SMILES string of the molecule is COC(=O)CN(c1cc(C(F)(F)F)ccc1Cl)S(=O)(=O)c1ccc(F)cc1. The maximum atomic E-state index is 13.1. The van der Waals surface area contributed by atoms with Gasteiger partial charge in [-0.1, -0.05) is 11.6 Å². The van der Waals surface area contributed by atoms with Gasteiger partial charge >= 0.3 is 12.1 Å². The fraction of sp³-hybridized carbons (Fsp3) is 0.188. The fourth-order valence-corrected chi connectivity index (χ4v) is 3.78. The number of alkyl halides is 3. The molecule has 0 bridgehead atoms. The van der Waals surface area contributed by atoms with Crippen molar-refractivity contribution in [3.63, 3.8) is 0 Å². The van der Waals surface area contributed by atoms with Crippen LogP contribution in [0.1, 0.15) is 5.56 Å². The molecule has 0 heterocycles. The van der Waals surface area contributed by atoms with Crippen molar-refractivity contribution in [3.8, 4) is 0 Å². The van der Waals surface area contributed by atoms with Crippen molar-refractivity contribution in [1.29, 1.82) is 0 Å². The number of rotatable bonds is 5. The normalized spacial score (nSPS) is 11.9. The Balaban J connectivity index is 2.65. The van der Waals surface area contributed by atoms with E-state index < -0.39 is 50.7 Å². The molecule has 0 saturated carbocycles. The largest absolute Gasteiger partial charge is 0.468 e. The highest BCUT2D eigenvalue weighted by Gasteiger charge is 2.34. The van der Waals surface area contributed by atoms with Gasteiger partial charge in [0, 0.05) is 0 Å². The van der Waals surface area contributed by atoms with Crippen LogP contribution in [0.15, 0.2) is 47.4 Å². The standard InChI is InChI=1S/C16H12ClF4NO4S/c1-26-15(23)9-22(27(24,25)12-5-3-11(18)4-6-12)14-8-10(16(19,20)21)2-7-13(14)17/h2-8H,9H2,1H3. The number of sulfonamides is 1. The second kappa shape index (κ2) is 7.73. The number of nitrogens with zero attached hydrogens (tertiary/aromatic N) is 1. The van der Waals surface area contributed by atoms with Crippen LogP contribution >= 0.6 is 11.6 Å². The Morgan fingerprint density at radius 1 is 1.15 bits per heavy atom. The van der Waals surface area contributed by atoms with Crippen molar-refractivity contribution in [2.75, 3.05) is 18.0 Å². The van der Waals surface area contributed by atoms with Gasteiger partial charge in [-0.3, -0.25) is 9.10 Å². The Morgan fingerprint density at radius 3 is 2.26 bits per heavy atom. The average molecular weight is 426 g/mol. The molecule has 0 unspecified atom stereocenters. The minimum atomic E-state index is -4.77. The topological polar surface area (TPSA) is 63.7 Å². The van der Waals surface area contributed by atoms with E-state index in [4.69, 9.17) is 11.6 Å². The van der Waals surface area contributed by atoms with E-state index in [1.807, 2.05) is 0 Å². The molecule has 0 saturated heterocycles. The molecule has 0 aromatic heterocycles. The Kier molecular flexibility index (Phi) is 6.01. The first kappa shape index (κ1) is 21.0. The number of carbonyl (C=O) groups is 1. The predicted octanol–water partition coefficient (Wildman–Crippen LogP) is 3.87. The van der Waals surface area contributed by atoms with Gasteiger partial charge in [0.25, 0.3) is 10.0 Å². The number of ether oxygens (including phenoxy) is 1. The molecule has 0 atom stereocenters. The van der Waals surface area contributed by atoms with E-state index in [0.717, 1.165) is 37.4 Å². The third kappa shape index (κ3) is 4.69. The lowest BCUT2D eigenvalue weighted by atomic mass is 10.2. The zero-order valence-corrected chi connectivity index (χ0v) is 15.2. The quantitative estimate of drug-likeness (QED) is 0.539. The zero-order chi connectivity index (χ0) is 20.4. The van der Waals surface area contributed by atoms with Gasteiger partial charge in [-0.15, -0.1) is 0 Å². The number of hydrogen-bond acceptors (Lipinski definition) is 4. The van der Waals surface area contributed by atoms with Crippen LogP contribution in [0.5, 0.6) is 0 Å². The highest BCUT2D eigenvalue weighted by molar-refractivity contribution is 7.92. The average Bonchev–Trinajstić information content (AvgIpc) is 2.59. The summed E-state index contributed by atoms with van der Waals surface area (Å²) < 4.78 is 82.6. The maximum absolute atomic E-state index is 13.1. The molecular weight excluding hydrogens is 414 g/mol. The Morgan fingerprint density at radius 2 is 1.74 bits per heavy atom. The third-order valence-electron chi connectivity index (χ3n) is 3.44. The second-order valence-electron chi connectivity index (χ2n) is 5.21. The lowest BCUT2D eigenvalue weighted by Crippen LogP contribution is -2.36. The number of esters is 1. The lowest BCUT2D eigenvalue weighted by Gasteiger charge is -2.25. The number of carbonyl (C=O) groups excluding carboxylic acids is 1. The van der Waals surface area contributed by atoms with Gasteiger partial charge in [0.15, 0.2) is 0 Å². The molecule has 2 aromatic rings. The zero-order valence-electron chi connectivity index (χ0n) is 13.6. The van der Waals surface area contributed by atoms with Gasteiger partial charge in [0.2, 0.25) is 0 Å². The van der Waals surface area contributed by atoms with E-state index in [9.17, 15) is 30.8 Å². The number of hydrogen-bond donors (Lipinski definition) is 0. The van der Waals surface area contributed by atoms with E-state index in [-0.39, 0.29) is 5.02 Å². The van der Waals surface area contributed by atoms with Crippen LogP contribution in [-0.2, 0) is 25.7 Å². The summed E-state index contributed by atoms with van der Waals surface area (Å²) in [6, 6.07) is 5.59. The summed E-state index contributed by atoms with van der Waals surface area (Å²) in [6.45, 7) is -0.933. The summed E-state index contributed by atoms with van der Waals surface area (Å²) >= 11 is 5.90. The van der Waals surface area contributed by atoms with Gasteiger partial charge in [-0.05, 0) is 42.5 Å². The van der Waals surface area contributed by atoms with Crippen LogP contribution in [-0.4, -0.2) is 28.0 Å². The van der Waals surface area contributed by atoms with Crippen molar-refractivity contribution < 1.29 is 35.5 Å². The maximum Gasteiger partial charge on any atom is 0.416 e. The van der Waals surface area contributed by atoms with Crippen LogP contribution in [0.2, 0.25) is 5.02 Å². The van der Waals surface area contributed by atoms with Gasteiger partial charge < -0.3 is 4.74 Å². The molecule has 0 fully saturated rings. The first-order valence-corrected chi connectivity index (χ1v) is 9.00. The third-order valence-corrected chi connectivity index (χ3v) is 5.54. The highest BCUT2D eigenvalue weighted by atomic mass is 35.5. The molecule has 11 heteroatoms. The molecule has 0 N–H and O–H groups in total. The van der Waals surface area contributed by atoms with Gasteiger partial charge in [0.1, 0.15) is 12.4 Å². The van der Waals surface area contributed by atoms with Crippen LogP contribution in [0.25, 0.3) is 0 Å². The minimum absolute atomic E-state index is 0.336. The molecule has 0 aliphatic carbocycles. The van der Waals surface area contributed by atoms with Crippen LogP contribution < -0.4 is 4.31 Å². The Hall–Kier alpha value is -2.33. The Bertz CT molecular complexity index is 946. The molecule has 0 spiro atoms. The van der Waals surface area contributed by atoms with Gasteiger partial charge in [-0.25, -0.2) is 12.8 Å². The van der Waals surface area contributed by atoms with Gasteiger partial charge in [0.05, 0.1) is 28.3 Å². The number of benzene rings is 2. The van der Waals surface area contributed by atoms with E-state index >= 15 is 0 Å². The van der Waals surface area contributed by atoms with E-state index in [0.29, 0.717) is 16.4 Å². The van der Waals surface area contributed by atoms with Crippen LogP contribution in [0, 0.1) is 5.82 Å². The van der Waals surface area contributed by atoms with E-state index in [1.54, 1.807) is 0 Å². The first-order valence-electron chi connectivity index (χ1n) is 7.18. The molecular formula is C16H12ClF4NO4S. The minimum Gasteiger partial charge on any atom is -0.468 e. The van der Waals surface area contributed by atoms with Gasteiger partial charge in [-0.2, -0.15) is 13.2 Å². The van der Waals surface area contributed by atoms with Crippen LogP contribution in [0.4, 0.5) is 23.2 Å². The summed E-state index contributed by atoms with van der Waals surface area (Å²) in [5.41, 5.74) is -1.73. The van der Waals surface area contributed by atoms with Crippen molar-refractivity contribution in [1.82, 2.24) is 0 Å². The summed E-state index contributed by atoms with van der Waals surface area (Å²) in [4.78, 5) is 11.2. The molecule has 2 aromatic carbocycles. The number of halogens is 5. The second-order valence-corrected chi connectivity index (χ2v) is 7.48. The number of methoxy groups -OCH3 is 1. The first-order chi connectivity index (χ1) is 12.5. The summed E-state index contributed by atoms with van der Waals surface area (Å²) in [5.74, 6) is -1.75. The van der Waals surface area contributed by atoms with E-state index in [2.05, 4.69) is 4.74 Å². The molecule has 5 nitrogen and oxygen atoms in total. The van der Waals surface area contributed by atoms with Crippen molar-refractivity contribution in [2.24, 2.45) is 0 Å². The molecule has 0 aliphatic heterocycles. The van der Waals surface area contributed by atoms with Crippen molar-refractivity contribution in [2.45, 2.75) is 11.1 Å². The Labute approximate surface area is 157 Å². The summed E-state index contributed by atoms with van der Waals surface area (Å²) in [7, 11) is -3.56. The molecule has 2 rings (SSSR count). The summed E-state index contributed by atoms with van der Waals surface area (Å²) in [6.07, 6.45) is -4.77. The van der Waals surface area contributed by atoms with Crippen molar-refractivity contribution >= 4 is 33.3 Å². The highest BCUT2D eigenvalue weighted by Crippen LogP contribution is 2.37.